The molecule has 2 atom stereocenters. The van der Waals surface area contributed by atoms with E-state index in [4.69, 9.17) is 5.11 Å². The lowest BCUT2D eigenvalue weighted by molar-refractivity contribution is -0.140. The van der Waals surface area contributed by atoms with E-state index in [1.807, 2.05) is 13.8 Å². The zero-order valence-corrected chi connectivity index (χ0v) is 12.0. The summed E-state index contributed by atoms with van der Waals surface area (Å²) in [5.41, 5.74) is 0. The molecule has 0 spiro atoms. The molecule has 0 aromatic rings. The van der Waals surface area contributed by atoms with E-state index in [9.17, 15) is 14.4 Å². The molecule has 0 radical (unpaired) electrons. The Balaban J connectivity index is 4.37. The first-order valence-electron chi connectivity index (χ1n) is 6.25. The summed E-state index contributed by atoms with van der Waals surface area (Å²) in [5, 5.41) is 16.3. The number of rotatable bonds is 6. The SMILES string of the molecule is CC(C)NC(=O)C(C)NC(=O)N[C@H](C(=O)O)C(C)C. The summed E-state index contributed by atoms with van der Waals surface area (Å²) in [6, 6.07) is -2.42. The number of aliphatic carboxylic acids is 1. The molecule has 0 saturated heterocycles. The highest BCUT2D eigenvalue weighted by Gasteiger charge is 2.24. The van der Waals surface area contributed by atoms with Gasteiger partial charge >= 0.3 is 12.0 Å². The van der Waals surface area contributed by atoms with Gasteiger partial charge < -0.3 is 21.1 Å². The van der Waals surface area contributed by atoms with Crippen molar-refractivity contribution in [2.45, 2.75) is 52.7 Å². The first-order chi connectivity index (χ1) is 8.65. The molecule has 0 heterocycles. The Bertz CT molecular complexity index is 342. The van der Waals surface area contributed by atoms with Crippen LogP contribution >= 0.6 is 0 Å². The van der Waals surface area contributed by atoms with Crippen molar-refractivity contribution in [1.29, 1.82) is 0 Å². The van der Waals surface area contributed by atoms with Crippen molar-refractivity contribution in [1.82, 2.24) is 16.0 Å². The molecule has 7 nitrogen and oxygen atoms in total. The van der Waals surface area contributed by atoms with Gasteiger partial charge in [-0.2, -0.15) is 0 Å². The second-order valence-electron chi connectivity index (χ2n) is 5.06. The van der Waals surface area contributed by atoms with Crippen LogP contribution in [0.4, 0.5) is 4.79 Å². The fourth-order valence-corrected chi connectivity index (χ4v) is 1.37. The molecule has 0 aliphatic carbocycles. The zero-order valence-electron chi connectivity index (χ0n) is 12.0. The molecule has 0 aliphatic rings. The summed E-state index contributed by atoms with van der Waals surface area (Å²) in [5.74, 6) is -1.67. The quantitative estimate of drug-likeness (QED) is 0.558. The number of hydrogen-bond acceptors (Lipinski definition) is 3. The van der Waals surface area contributed by atoms with Gasteiger partial charge in [-0.3, -0.25) is 4.79 Å². The third-order valence-electron chi connectivity index (χ3n) is 2.39. The van der Waals surface area contributed by atoms with Crippen LogP contribution in [0.15, 0.2) is 0 Å². The van der Waals surface area contributed by atoms with Crippen LogP contribution in [0.5, 0.6) is 0 Å². The largest absolute Gasteiger partial charge is 0.480 e. The Kier molecular flexibility index (Phi) is 6.89. The number of carboxylic acid groups (broad SMARTS) is 1. The van der Waals surface area contributed by atoms with Gasteiger partial charge in [-0.15, -0.1) is 0 Å². The second kappa shape index (κ2) is 7.60. The topological polar surface area (TPSA) is 108 Å². The van der Waals surface area contributed by atoms with E-state index in [0.29, 0.717) is 0 Å². The molecule has 0 bridgehead atoms. The van der Waals surface area contributed by atoms with Crippen molar-refractivity contribution < 1.29 is 19.5 Å². The minimum atomic E-state index is -1.11. The minimum Gasteiger partial charge on any atom is -0.480 e. The first kappa shape index (κ1) is 17.2. The van der Waals surface area contributed by atoms with Crippen molar-refractivity contribution in [2.75, 3.05) is 0 Å². The van der Waals surface area contributed by atoms with Crippen LogP contribution in [-0.4, -0.2) is 41.1 Å². The van der Waals surface area contributed by atoms with Crippen LogP contribution in [-0.2, 0) is 9.59 Å². The summed E-state index contributed by atoms with van der Waals surface area (Å²) in [4.78, 5) is 34.1. The Morgan fingerprint density at radius 1 is 0.895 bits per heavy atom. The predicted octanol–water partition coefficient (Wildman–Crippen LogP) is 0.308. The van der Waals surface area contributed by atoms with Crippen LogP contribution in [0.3, 0.4) is 0 Å². The molecule has 1 unspecified atom stereocenters. The molecule has 19 heavy (non-hydrogen) atoms. The molecular weight excluding hydrogens is 250 g/mol. The van der Waals surface area contributed by atoms with Crippen molar-refractivity contribution >= 4 is 17.9 Å². The fourth-order valence-electron chi connectivity index (χ4n) is 1.37. The number of hydrogen-bond donors (Lipinski definition) is 4. The molecule has 0 fully saturated rings. The molecule has 0 saturated carbocycles. The number of nitrogens with one attached hydrogen (secondary N) is 3. The molecule has 3 amide bonds. The maximum Gasteiger partial charge on any atom is 0.326 e. The van der Waals surface area contributed by atoms with Crippen molar-refractivity contribution in [2.24, 2.45) is 5.92 Å². The first-order valence-corrected chi connectivity index (χ1v) is 6.25. The molecule has 7 heteroatoms. The van der Waals surface area contributed by atoms with E-state index in [-0.39, 0.29) is 17.9 Å². The van der Waals surface area contributed by atoms with Gasteiger partial charge in [0.05, 0.1) is 0 Å². The monoisotopic (exact) mass is 273 g/mol. The third-order valence-corrected chi connectivity index (χ3v) is 2.39. The van der Waals surface area contributed by atoms with Gasteiger partial charge in [0.15, 0.2) is 0 Å². The highest BCUT2D eigenvalue weighted by Crippen LogP contribution is 2.01. The van der Waals surface area contributed by atoms with Crippen LogP contribution in [0, 0.1) is 5.92 Å². The Morgan fingerprint density at radius 3 is 1.79 bits per heavy atom. The van der Waals surface area contributed by atoms with Crippen LogP contribution in [0.1, 0.15) is 34.6 Å². The lowest BCUT2D eigenvalue weighted by Crippen LogP contribution is -2.54. The van der Waals surface area contributed by atoms with E-state index in [1.54, 1.807) is 13.8 Å². The van der Waals surface area contributed by atoms with Crippen molar-refractivity contribution in [3.05, 3.63) is 0 Å². The third kappa shape index (κ3) is 6.64. The van der Waals surface area contributed by atoms with E-state index in [1.165, 1.54) is 6.92 Å². The number of urea groups is 1. The van der Waals surface area contributed by atoms with Crippen molar-refractivity contribution in [3.63, 3.8) is 0 Å². The van der Waals surface area contributed by atoms with Crippen LogP contribution in [0.2, 0.25) is 0 Å². The van der Waals surface area contributed by atoms with Gasteiger partial charge in [0.1, 0.15) is 12.1 Å². The maximum absolute atomic E-state index is 11.6. The molecule has 4 N–H and O–H groups in total. The van der Waals surface area contributed by atoms with Gasteiger partial charge in [-0.05, 0) is 26.7 Å². The minimum absolute atomic E-state index is 0.0257. The highest BCUT2D eigenvalue weighted by atomic mass is 16.4. The number of carbonyl (C=O) groups is 3. The summed E-state index contributed by atoms with van der Waals surface area (Å²) in [6.45, 7) is 8.53. The Labute approximate surface area is 113 Å². The summed E-state index contributed by atoms with van der Waals surface area (Å²) < 4.78 is 0. The zero-order chi connectivity index (χ0) is 15.2. The highest BCUT2D eigenvalue weighted by molar-refractivity contribution is 5.88. The summed E-state index contributed by atoms with van der Waals surface area (Å²) in [7, 11) is 0. The Morgan fingerprint density at radius 2 is 1.42 bits per heavy atom. The van der Waals surface area contributed by atoms with E-state index in [0.717, 1.165) is 0 Å². The molecule has 0 aromatic heterocycles. The van der Waals surface area contributed by atoms with Gasteiger partial charge in [0.2, 0.25) is 5.91 Å². The van der Waals surface area contributed by atoms with Gasteiger partial charge in [-0.25, -0.2) is 9.59 Å². The molecule has 110 valence electrons. The van der Waals surface area contributed by atoms with Crippen LogP contribution in [0.25, 0.3) is 0 Å². The van der Waals surface area contributed by atoms with Crippen LogP contribution < -0.4 is 16.0 Å². The van der Waals surface area contributed by atoms with Gasteiger partial charge in [-0.1, -0.05) is 13.8 Å². The molecule has 0 aromatic carbocycles. The molecular formula is C12H23N3O4. The van der Waals surface area contributed by atoms with E-state index < -0.39 is 24.1 Å². The average Bonchev–Trinajstić information content (AvgIpc) is 2.23. The normalized spacial score (nSPS) is 13.8. The molecule has 0 rings (SSSR count). The Hall–Kier alpha value is -1.79. The lowest BCUT2D eigenvalue weighted by atomic mass is 10.1. The number of carbonyl (C=O) groups excluding carboxylic acids is 2. The van der Waals surface area contributed by atoms with E-state index in [2.05, 4.69) is 16.0 Å². The average molecular weight is 273 g/mol. The lowest BCUT2D eigenvalue weighted by Gasteiger charge is -2.20. The number of carboxylic acids is 1. The number of amides is 3. The van der Waals surface area contributed by atoms with E-state index >= 15 is 0 Å². The van der Waals surface area contributed by atoms with Gasteiger partial charge in [0, 0.05) is 6.04 Å². The summed E-state index contributed by atoms with van der Waals surface area (Å²) >= 11 is 0. The smallest absolute Gasteiger partial charge is 0.326 e. The predicted molar refractivity (Wildman–Crippen MR) is 70.7 cm³/mol. The molecule has 0 aliphatic heterocycles. The maximum atomic E-state index is 11.6. The standard InChI is InChI=1S/C12H23N3O4/c1-6(2)9(11(17)18)15-12(19)14-8(5)10(16)13-7(3)4/h6-9H,1-5H3,(H,13,16)(H,17,18)(H2,14,15,19)/t8?,9-/m0/s1. The second-order valence-corrected chi connectivity index (χ2v) is 5.06. The van der Waals surface area contributed by atoms with Gasteiger partial charge in [0.25, 0.3) is 0 Å². The summed E-state index contributed by atoms with van der Waals surface area (Å²) in [6.07, 6.45) is 0. The fraction of sp³-hybridized carbons (Fsp3) is 0.750. The van der Waals surface area contributed by atoms with Crippen molar-refractivity contribution in [3.8, 4) is 0 Å².